The van der Waals surface area contributed by atoms with Crippen molar-refractivity contribution in [1.82, 2.24) is 10.6 Å². The SMILES string of the molecule is CCC(C)C(N)C(=O)NCCCNC(=O)c1cccc(F)c1. The molecule has 5 nitrogen and oxygen atoms in total. The summed E-state index contributed by atoms with van der Waals surface area (Å²) in [5, 5.41) is 5.42. The lowest BCUT2D eigenvalue weighted by Gasteiger charge is -2.17. The van der Waals surface area contributed by atoms with Crippen molar-refractivity contribution < 1.29 is 14.0 Å². The standard InChI is InChI=1S/C16H24FN3O2/c1-3-11(2)14(18)16(22)20-9-5-8-19-15(21)12-6-4-7-13(17)10-12/h4,6-7,10-11,14H,3,5,8-9,18H2,1-2H3,(H,19,21)(H,20,22). The summed E-state index contributed by atoms with van der Waals surface area (Å²) in [5.41, 5.74) is 6.09. The summed E-state index contributed by atoms with van der Waals surface area (Å²) in [6.45, 7) is 4.75. The Morgan fingerprint density at radius 1 is 1.27 bits per heavy atom. The highest BCUT2D eigenvalue weighted by molar-refractivity contribution is 5.94. The number of amides is 2. The van der Waals surface area contributed by atoms with E-state index in [1.54, 1.807) is 6.07 Å². The first-order chi connectivity index (χ1) is 10.5. The molecule has 0 aliphatic carbocycles. The van der Waals surface area contributed by atoms with Crippen LogP contribution in [-0.2, 0) is 4.79 Å². The summed E-state index contributed by atoms with van der Waals surface area (Å²) in [7, 11) is 0. The fourth-order valence-corrected chi connectivity index (χ4v) is 1.86. The molecule has 2 atom stereocenters. The molecule has 6 heteroatoms. The second-order valence-corrected chi connectivity index (χ2v) is 5.32. The number of benzene rings is 1. The molecule has 1 aromatic carbocycles. The molecule has 0 aromatic heterocycles. The van der Waals surface area contributed by atoms with Gasteiger partial charge in [0, 0.05) is 18.7 Å². The van der Waals surface area contributed by atoms with E-state index in [1.807, 2.05) is 13.8 Å². The van der Waals surface area contributed by atoms with Crippen LogP contribution in [0.25, 0.3) is 0 Å². The van der Waals surface area contributed by atoms with E-state index in [1.165, 1.54) is 18.2 Å². The van der Waals surface area contributed by atoms with Crippen molar-refractivity contribution in [2.75, 3.05) is 13.1 Å². The van der Waals surface area contributed by atoms with Crippen LogP contribution < -0.4 is 16.4 Å². The Bertz CT molecular complexity index is 508. The van der Waals surface area contributed by atoms with Gasteiger partial charge in [-0.2, -0.15) is 0 Å². The zero-order chi connectivity index (χ0) is 16.5. The lowest BCUT2D eigenvalue weighted by Crippen LogP contribution is -2.45. The molecule has 0 heterocycles. The van der Waals surface area contributed by atoms with E-state index >= 15 is 0 Å². The van der Waals surface area contributed by atoms with Crippen molar-refractivity contribution in [2.24, 2.45) is 11.7 Å². The molecule has 4 N–H and O–H groups in total. The molecular weight excluding hydrogens is 285 g/mol. The molecule has 0 aliphatic heterocycles. The topological polar surface area (TPSA) is 84.2 Å². The average Bonchev–Trinajstić information content (AvgIpc) is 2.52. The number of nitrogens with one attached hydrogen (secondary N) is 2. The van der Waals surface area contributed by atoms with Gasteiger partial charge >= 0.3 is 0 Å². The maximum Gasteiger partial charge on any atom is 0.251 e. The smallest absolute Gasteiger partial charge is 0.251 e. The van der Waals surface area contributed by atoms with Gasteiger partial charge in [-0.25, -0.2) is 4.39 Å². The molecule has 22 heavy (non-hydrogen) atoms. The molecule has 0 saturated heterocycles. The lowest BCUT2D eigenvalue weighted by molar-refractivity contribution is -0.123. The molecule has 0 radical (unpaired) electrons. The summed E-state index contributed by atoms with van der Waals surface area (Å²) in [6, 6.07) is 4.99. The van der Waals surface area contributed by atoms with Gasteiger partial charge in [-0.1, -0.05) is 26.3 Å². The Labute approximate surface area is 130 Å². The number of carbonyl (C=O) groups is 2. The van der Waals surface area contributed by atoms with Crippen LogP contribution in [0.15, 0.2) is 24.3 Å². The normalized spacial score (nSPS) is 13.3. The van der Waals surface area contributed by atoms with E-state index in [4.69, 9.17) is 5.73 Å². The van der Waals surface area contributed by atoms with Crippen LogP contribution in [0, 0.1) is 11.7 Å². The van der Waals surface area contributed by atoms with Gasteiger partial charge in [0.15, 0.2) is 0 Å². The quantitative estimate of drug-likeness (QED) is 0.635. The second kappa shape index (κ2) is 9.15. The summed E-state index contributed by atoms with van der Waals surface area (Å²) >= 11 is 0. The van der Waals surface area contributed by atoms with Crippen LogP contribution in [0.1, 0.15) is 37.0 Å². The first-order valence-electron chi connectivity index (χ1n) is 7.52. The summed E-state index contributed by atoms with van der Waals surface area (Å²) in [6.07, 6.45) is 1.43. The average molecular weight is 309 g/mol. The van der Waals surface area contributed by atoms with E-state index in [-0.39, 0.29) is 23.3 Å². The fraction of sp³-hybridized carbons (Fsp3) is 0.500. The van der Waals surface area contributed by atoms with Crippen LogP contribution in [0.5, 0.6) is 0 Å². The van der Waals surface area contributed by atoms with E-state index in [2.05, 4.69) is 10.6 Å². The largest absolute Gasteiger partial charge is 0.355 e. The Morgan fingerprint density at radius 3 is 2.59 bits per heavy atom. The molecule has 0 bridgehead atoms. The zero-order valence-electron chi connectivity index (χ0n) is 13.1. The van der Waals surface area contributed by atoms with Gasteiger partial charge in [-0.3, -0.25) is 9.59 Å². The van der Waals surface area contributed by atoms with Gasteiger partial charge < -0.3 is 16.4 Å². The van der Waals surface area contributed by atoms with Gasteiger partial charge in [-0.05, 0) is 30.5 Å². The molecule has 0 saturated carbocycles. The molecule has 0 fully saturated rings. The van der Waals surface area contributed by atoms with E-state index in [0.29, 0.717) is 19.5 Å². The van der Waals surface area contributed by atoms with Gasteiger partial charge in [0.25, 0.3) is 5.91 Å². The first-order valence-corrected chi connectivity index (χ1v) is 7.52. The van der Waals surface area contributed by atoms with Crippen molar-refractivity contribution in [1.29, 1.82) is 0 Å². The molecule has 2 amide bonds. The van der Waals surface area contributed by atoms with Crippen molar-refractivity contribution >= 4 is 11.8 Å². The molecular formula is C16H24FN3O2. The van der Waals surface area contributed by atoms with Crippen LogP contribution in [0.4, 0.5) is 4.39 Å². The van der Waals surface area contributed by atoms with Gasteiger partial charge in [-0.15, -0.1) is 0 Å². The lowest BCUT2D eigenvalue weighted by atomic mass is 9.99. The van der Waals surface area contributed by atoms with Crippen molar-refractivity contribution in [3.63, 3.8) is 0 Å². The Kier molecular flexibility index (Phi) is 7.52. The predicted octanol–water partition coefficient (Wildman–Crippen LogP) is 1.44. The van der Waals surface area contributed by atoms with Gasteiger partial charge in [0.1, 0.15) is 5.82 Å². The van der Waals surface area contributed by atoms with Crippen LogP contribution >= 0.6 is 0 Å². The summed E-state index contributed by atoms with van der Waals surface area (Å²) < 4.78 is 13.0. The number of rotatable bonds is 8. The minimum Gasteiger partial charge on any atom is -0.355 e. The molecule has 1 rings (SSSR count). The van der Waals surface area contributed by atoms with Crippen LogP contribution in [0.2, 0.25) is 0 Å². The van der Waals surface area contributed by atoms with Gasteiger partial charge in [0.05, 0.1) is 6.04 Å². The maximum absolute atomic E-state index is 13.0. The van der Waals surface area contributed by atoms with Crippen molar-refractivity contribution in [3.8, 4) is 0 Å². The minimum atomic E-state index is -0.508. The third-order valence-corrected chi connectivity index (χ3v) is 3.58. The van der Waals surface area contributed by atoms with Crippen LogP contribution in [-0.4, -0.2) is 30.9 Å². The Morgan fingerprint density at radius 2 is 1.95 bits per heavy atom. The predicted molar refractivity (Wildman–Crippen MR) is 83.8 cm³/mol. The van der Waals surface area contributed by atoms with E-state index < -0.39 is 11.9 Å². The van der Waals surface area contributed by atoms with E-state index in [0.717, 1.165) is 6.42 Å². The second-order valence-electron chi connectivity index (χ2n) is 5.32. The monoisotopic (exact) mass is 309 g/mol. The number of carbonyl (C=O) groups excluding carboxylic acids is 2. The number of halogens is 1. The summed E-state index contributed by atoms with van der Waals surface area (Å²) in [5.74, 6) is -0.820. The number of hydrogen-bond acceptors (Lipinski definition) is 3. The molecule has 1 aromatic rings. The first kappa shape index (κ1) is 18.1. The highest BCUT2D eigenvalue weighted by Crippen LogP contribution is 2.05. The van der Waals surface area contributed by atoms with Crippen LogP contribution in [0.3, 0.4) is 0 Å². The number of nitrogens with two attached hydrogens (primary N) is 1. The zero-order valence-corrected chi connectivity index (χ0v) is 13.1. The Hall–Kier alpha value is -1.95. The molecule has 0 spiro atoms. The maximum atomic E-state index is 13.0. The highest BCUT2D eigenvalue weighted by Gasteiger charge is 2.18. The third kappa shape index (κ3) is 5.81. The third-order valence-electron chi connectivity index (χ3n) is 3.58. The molecule has 0 aliphatic rings. The highest BCUT2D eigenvalue weighted by atomic mass is 19.1. The van der Waals surface area contributed by atoms with Gasteiger partial charge in [0.2, 0.25) is 5.91 Å². The molecule has 2 unspecified atom stereocenters. The van der Waals surface area contributed by atoms with Crippen molar-refractivity contribution in [2.45, 2.75) is 32.7 Å². The fourth-order valence-electron chi connectivity index (χ4n) is 1.86. The molecule has 122 valence electrons. The minimum absolute atomic E-state index is 0.132. The Balaban J connectivity index is 2.23. The number of hydrogen-bond donors (Lipinski definition) is 3. The van der Waals surface area contributed by atoms with E-state index in [9.17, 15) is 14.0 Å². The van der Waals surface area contributed by atoms with Crippen molar-refractivity contribution in [3.05, 3.63) is 35.6 Å². The summed E-state index contributed by atoms with van der Waals surface area (Å²) in [4.78, 5) is 23.5.